The van der Waals surface area contributed by atoms with Crippen molar-refractivity contribution in [2.45, 2.75) is 37.6 Å². The number of imidazole rings is 1. The lowest BCUT2D eigenvalue weighted by atomic mass is 9.91. The molecule has 2 N–H and O–H groups in total. The third-order valence-corrected chi connectivity index (χ3v) is 5.11. The zero-order chi connectivity index (χ0) is 21.3. The van der Waals surface area contributed by atoms with Crippen LogP contribution in [-0.4, -0.2) is 36.6 Å². The van der Waals surface area contributed by atoms with E-state index >= 15 is 0 Å². The van der Waals surface area contributed by atoms with Crippen molar-refractivity contribution in [3.63, 3.8) is 0 Å². The Hall–Kier alpha value is -3.43. The van der Waals surface area contributed by atoms with Gasteiger partial charge in [-0.1, -0.05) is 0 Å². The van der Waals surface area contributed by atoms with E-state index in [2.05, 4.69) is 20.3 Å². The zero-order valence-electron chi connectivity index (χ0n) is 15.7. The van der Waals surface area contributed by atoms with Crippen LogP contribution in [0.15, 0.2) is 42.9 Å². The van der Waals surface area contributed by atoms with Gasteiger partial charge < -0.3 is 9.67 Å². The van der Waals surface area contributed by atoms with Crippen molar-refractivity contribution >= 4 is 12.0 Å². The molecule has 3 aromatic rings. The highest BCUT2D eigenvalue weighted by atomic mass is 19.3. The Morgan fingerprint density at radius 2 is 1.83 bits per heavy atom. The van der Waals surface area contributed by atoms with Gasteiger partial charge in [-0.2, -0.15) is 0 Å². The number of hydrogen-bond donors (Lipinski definition) is 2. The van der Waals surface area contributed by atoms with E-state index in [1.54, 1.807) is 29.1 Å². The van der Waals surface area contributed by atoms with E-state index in [0.717, 1.165) is 0 Å². The van der Waals surface area contributed by atoms with Crippen LogP contribution in [0.25, 0.3) is 22.6 Å². The highest BCUT2D eigenvalue weighted by molar-refractivity contribution is 5.81. The minimum atomic E-state index is -2.68. The fourth-order valence-corrected chi connectivity index (χ4v) is 3.66. The van der Waals surface area contributed by atoms with Crippen LogP contribution >= 0.6 is 0 Å². The molecule has 0 spiro atoms. The molecular formula is C20H18F3N5O2. The molecule has 10 heteroatoms. The number of nitrogens with zero attached hydrogens (tertiary/aromatic N) is 4. The van der Waals surface area contributed by atoms with Crippen LogP contribution in [0.4, 0.5) is 23.9 Å². The summed E-state index contributed by atoms with van der Waals surface area (Å²) in [6.45, 7) is 0. The minimum absolute atomic E-state index is 0.118. The third kappa shape index (κ3) is 4.12. The van der Waals surface area contributed by atoms with Crippen LogP contribution in [0.2, 0.25) is 0 Å². The van der Waals surface area contributed by atoms with Gasteiger partial charge in [0.2, 0.25) is 11.9 Å². The molecule has 0 aliphatic heterocycles. The van der Waals surface area contributed by atoms with Crippen molar-refractivity contribution in [1.82, 2.24) is 19.5 Å². The van der Waals surface area contributed by atoms with Crippen LogP contribution in [0.5, 0.6) is 0 Å². The van der Waals surface area contributed by atoms with E-state index in [9.17, 15) is 18.0 Å². The average Bonchev–Trinajstić information content (AvgIpc) is 3.13. The highest BCUT2D eigenvalue weighted by Gasteiger charge is 2.36. The molecule has 1 aliphatic rings. The second-order valence-corrected chi connectivity index (χ2v) is 7.14. The maximum Gasteiger partial charge on any atom is 0.411 e. The first-order chi connectivity index (χ1) is 14.3. The maximum absolute atomic E-state index is 13.7. The van der Waals surface area contributed by atoms with Gasteiger partial charge in [0, 0.05) is 30.6 Å². The lowest BCUT2D eigenvalue weighted by Gasteiger charge is -2.30. The van der Waals surface area contributed by atoms with E-state index in [-0.39, 0.29) is 37.7 Å². The highest BCUT2D eigenvalue weighted by Crippen LogP contribution is 2.41. The van der Waals surface area contributed by atoms with Crippen molar-refractivity contribution in [3.8, 4) is 22.6 Å². The first kappa shape index (κ1) is 19.9. The fraction of sp³-hybridized carbons (Fsp3) is 0.300. The molecule has 0 radical (unpaired) electrons. The van der Waals surface area contributed by atoms with Crippen molar-refractivity contribution < 1.29 is 23.1 Å². The van der Waals surface area contributed by atoms with E-state index in [0.29, 0.717) is 22.6 Å². The van der Waals surface area contributed by atoms with Gasteiger partial charge >= 0.3 is 6.09 Å². The summed E-state index contributed by atoms with van der Waals surface area (Å²) in [5, 5.41) is 11.0. The summed E-state index contributed by atoms with van der Waals surface area (Å²) >= 11 is 0. The largest absolute Gasteiger partial charge is 0.465 e. The second kappa shape index (κ2) is 7.77. The zero-order valence-corrected chi connectivity index (χ0v) is 15.7. The third-order valence-electron chi connectivity index (χ3n) is 5.11. The lowest BCUT2D eigenvalue weighted by molar-refractivity contribution is -0.0438. The summed E-state index contributed by atoms with van der Waals surface area (Å²) in [6.07, 6.45) is 1.74. The molecule has 1 fully saturated rings. The van der Waals surface area contributed by atoms with Crippen molar-refractivity contribution in [3.05, 3.63) is 48.7 Å². The molecule has 2 heterocycles. The molecule has 4 rings (SSSR count). The summed E-state index contributed by atoms with van der Waals surface area (Å²) in [5.41, 5.74) is 2.03. The Morgan fingerprint density at radius 3 is 2.50 bits per heavy atom. The van der Waals surface area contributed by atoms with Gasteiger partial charge in [-0.25, -0.2) is 32.9 Å². The van der Waals surface area contributed by atoms with Gasteiger partial charge in [0.15, 0.2) is 0 Å². The fourth-order valence-electron chi connectivity index (χ4n) is 3.66. The van der Waals surface area contributed by atoms with Crippen molar-refractivity contribution in [2.75, 3.05) is 5.32 Å². The molecule has 1 aromatic carbocycles. The van der Waals surface area contributed by atoms with Crippen LogP contribution in [0, 0.1) is 5.82 Å². The van der Waals surface area contributed by atoms with Gasteiger partial charge in [0.25, 0.3) is 0 Å². The first-order valence-corrected chi connectivity index (χ1v) is 9.36. The SMILES string of the molecule is O=C(O)Nc1nccc(-c2c(-c3ccc(F)cc3)ncn2C2CCC(F)(F)CC2)n1. The Bertz CT molecular complexity index is 1060. The minimum Gasteiger partial charge on any atom is -0.465 e. The molecule has 0 saturated heterocycles. The Kier molecular flexibility index (Phi) is 5.15. The van der Waals surface area contributed by atoms with Gasteiger partial charge in [0.1, 0.15) is 5.82 Å². The number of halogens is 3. The summed E-state index contributed by atoms with van der Waals surface area (Å²) in [6, 6.07) is 7.11. The van der Waals surface area contributed by atoms with Crippen molar-refractivity contribution in [1.29, 1.82) is 0 Å². The average molecular weight is 417 g/mol. The number of anilines is 1. The van der Waals surface area contributed by atoms with E-state index < -0.39 is 17.8 Å². The number of alkyl halides is 2. The molecule has 0 unspecified atom stereocenters. The predicted octanol–water partition coefficient (Wildman–Crippen LogP) is 4.99. The van der Waals surface area contributed by atoms with Gasteiger partial charge in [-0.15, -0.1) is 0 Å². The van der Waals surface area contributed by atoms with Crippen LogP contribution in [0.1, 0.15) is 31.7 Å². The second-order valence-electron chi connectivity index (χ2n) is 7.14. The number of carboxylic acid groups (broad SMARTS) is 1. The molecule has 2 aromatic heterocycles. The standard InChI is InChI=1S/C20H18F3N5O2/c21-13-3-1-12(2-4-13)16-17(15-7-10-24-18(26-15)27-19(29)30)28(11-25-16)14-5-8-20(22,23)9-6-14/h1-4,7,10-11,14H,5-6,8-9H2,(H,29,30)(H,24,26,27). The van der Waals surface area contributed by atoms with E-state index in [1.807, 2.05) is 0 Å². The van der Waals surface area contributed by atoms with Gasteiger partial charge in [0.05, 0.1) is 23.4 Å². The number of amides is 1. The quantitative estimate of drug-likeness (QED) is 0.624. The monoisotopic (exact) mass is 417 g/mol. The lowest BCUT2D eigenvalue weighted by Crippen LogP contribution is -2.26. The van der Waals surface area contributed by atoms with Crippen molar-refractivity contribution in [2.24, 2.45) is 0 Å². The Labute approximate surface area is 169 Å². The molecule has 0 atom stereocenters. The molecule has 1 aliphatic carbocycles. The Morgan fingerprint density at radius 1 is 1.13 bits per heavy atom. The number of rotatable bonds is 4. The topological polar surface area (TPSA) is 92.9 Å². The first-order valence-electron chi connectivity index (χ1n) is 9.36. The normalized spacial score (nSPS) is 16.4. The summed E-state index contributed by atoms with van der Waals surface area (Å²) in [4.78, 5) is 23.5. The van der Waals surface area contributed by atoms with Gasteiger partial charge in [-0.3, -0.25) is 5.32 Å². The number of nitrogens with one attached hydrogen (secondary N) is 1. The molecule has 7 nitrogen and oxygen atoms in total. The van der Waals surface area contributed by atoms with E-state index in [4.69, 9.17) is 5.11 Å². The smallest absolute Gasteiger partial charge is 0.411 e. The van der Waals surface area contributed by atoms with E-state index in [1.165, 1.54) is 18.3 Å². The molecule has 0 bridgehead atoms. The molecule has 1 saturated carbocycles. The predicted molar refractivity (Wildman–Crippen MR) is 103 cm³/mol. The number of carbonyl (C=O) groups is 1. The molecule has 1 amide bonds. The Balaban J connectivity index is 1.80. The summed E-state index contributed by atoms with van der Waals surface area (Å²) in [5.74, 6) is -3.19. The number of hydrogen-bond acceptors (Lipinski definition) is 4. The summed E-state index contributed by atoms with van der Waals surface area (Å²) in [7, 11) is 0. The van der Waals surface area contributed by atoms with Gasteiger partial charge in [-0.05, 0) is 43.2 Å². The summed E-state index contributed by atoms with van der Waals surface area (Å²) < 4.78 is 42.5. The van der Waals surface area contributed by atoms with Crippen LogP contribution < -0.4 is 5.32 Å². The molecule has 30 heavy (non-hydrogen) atoms. The number of benzene rings is 1. The number of aromatic nitrogens is 4. The van der Waals surface area contributed by atoms with Crippen LogP contribution in [-0.2, 0) is 0 Å². The maximum atomic E-state index is 13.7. The van der Waals surface area contributed by atoms with Crippen LogP contribution in [0.3, 0.4) is 0 Å². The molecule has 156 valence electrons. The molecular weight excluding hydrogens is 399 g/mol.